The van der Waals surface area contributed by atoms with Gasteiger partial charge in [-0.25, -0.2) is 0 Å². The Bertz CT molecular complexity index is 312. The van der Waals surface area contributed by atoms with Crippen molar-refractivity contribution in [1.82, 2.24) is 0 Å². The SMILES string of the molecule is CC(C)CCCC(C)CCO.CC(C)CCCC(C)CCO.CC(C)CCCC(C)CCO.[O]=[W]. The van der Waals surface area contributed by atoms with Crippen LogP contribution in [0.2, 0.25) is 0 Å². The van der Waals surface area contributed by atoms with Crippen molar-refractivity contribution in [2.75, 3.05) is 19.8 Å². The molecule has 0 aromatic carbocycles. The molecule has 0 fully saturated rings. The van der Waals surface area contributed by atoms with Crippen LogP contribution in [0.3, 0.4) is 0 Å². The van der Waals surface area contributed by atoms with E-state index in [1.54, 1.807) is 0 Å². The summed E-state index contributed by atoms with van der Waals surface area (Å²) in [6.45, 7) is 21.3. The van der Waals surface area contributed by atoms with Crippen molar-refractivity contribution in [3.8, 4) is 0 Å². The van der Waals surface area contributed by atoms with Gasteiger partial charge in [0.15, 0.2) is 0 Å². The maximum absolute atomic E-state index is 8.65. The van der Waals surface area contributed by atoms with E-state index in [0.717, 1.165) is 37.0 Å². The first kappa shape index (κ1) is 42.5. The van der Waals surface area contributed by atoms with Gasteiger partial charge < -0.3 is 15.3 Å². The van der Waals surface area contributed by atoms with E-state index >= 15 is 0 Å². The molecule has 0 saturated heterocycles. The Morgan fingerprint density at radius 1 is 0.400 bits per heavy atom. The zero-order valence-electron chi connectivity index (χ0n) is 25.2. The molecule has 216 valence electrons. The van der Waals surface area contributed by atoms with Gasteiger partial charge in [-0.1, -0.05) is 120 Å². The molecule has 0 amide bonds. The van der Waals surface area contributed by atoms with Crippen LogP contribution in [-0.2, 0) is 23.2 Å². The summed E-state index contributed by atoms with van der Waals surface area (Å²) in [5.74, 6) is 4.61. The molecule has 0 saturated carbocycles. The van der Waals surface area contributed by atoms with Crippen molar-refractivity contribution in [3.63, 3.8) is 0 Å². The topological polar surface area (TPSA) is 77.8 Å². The van der Waals surface area contributed by atoms with Crippen LogP contribution >= 0.6 is 0 Å². The summed E-state index contributed by atoms with van der Waals surface area (Å²) in [5, 5.41) is 25.9. The van der Waals surface area contributed by atoms with E-state index in [1.165, 1.54) is 57.8 Å². The van der Waals surface area contributed by atoms with Crippen LogP contribution in [0.4, 0.5) is 0 Å². The molecule has 3 unspecified atom stereocenters. The minimum atomic E-state index is 0.333. The summed E-state index contributed by atoms with van der Waals surface area (Å²) in [5.41, 5.74) is 0. The third-order valence-corrected chi connectivity index (χ3v) is 6.30. The van der Waals surface area contributed by atoms with Crippen molar-refractivity contribution in [1.29, 1.82) is 0 Å². The van der Waals surface area contributed by atoms with Crippen molar-refractivity contribution < 1.29 is 38.5 Å². The molecule has 0 aromatic heterocycles. The van der Waals surface area contributed by atoms with Crippen LogP contribution in [0.5, 0.6) is 0 Å². The molecule has 0 radical (unpaired) electrons. The number of hydrogen-bond acceptors (Lipinski definition) is 4. The fraction of sp³-hybridized carbons (Fsp3) is 1.00. The maximum atomic E-state index is 8.65. The van der Waals surface area contributed by atoms with E-state index in [2.05, 4.69) is 62.3 Å². The predicted molar refractivity (Wildman–Crippen MR) is 149 cm³/mol. The van der Waals surface area contributed by atoms with Gasteiger partial charge in [0, 0.05) is 19.8 Å². The normalized spacial score (nSPS) is 13.2. The number of aliphatic hydroxyl groups is 3. The Morgan fingerprint density at radius 2 is 0.600 bits per heavy atom. The average molecular weight is 675 g/mol. The second kappa shape index (κ2) is 34.4. The van der Waals surface area contributed by atoms with E-state index < -0.39 is 0 Å². The van der Waals surface area contributed by atoms with Crippen LogP contribution in [0, 0.1) is 35.5 Å². The molecule has 35 heavy (non-hydrogen) atoms. The monoisotopic (exact) mass is 674 g/mol. The molecule has 0 aliphatic rings. The summed E-state index contributed by atoms with van der Waals surface area (Å²) < 4.78 is 8.33. The van der Waals surface area contributed by atoms with Gasteiger partial charge in [-0.2, -0.15) is 0 Å². The van der Waals surface area contributed by atoms with Crippen LogP contribution in [0.15, 0.2) is 0 Å². The summed E-state index contributed by atoms with van der Waals surface area (Å²) in [4.78, 5) is 0. The zero-order chi connectivity index (χ0) is 28.1. The Balaban J connectivity index is -0.000000198. The van der Waals surface area contributed by atoms with Gasteiger partial charge in [0.05, 0.1) is 0 Å². The Labute approximate surface area is 232 Å². The Morgan fingerprint density at radius 3 is 0.743 bits per heavy atom. The third kappa shape index (κ3) is 48.1. The first-order valence-corrected chi connectivity index (χ1v) is 15.7. The molecule has 0 heterocycles. The summed E-state index contributed by atoms with van der Waals surface area (Å²) in [7, 11) is 0. The van der Waals surface area contributed by atoms with Gasteiger partial charge in [-0.3, -0.25) is 0 Å². The fourth-order valence-corrected chi connectivity index (χ4v) is 3.72. The molecule has 5 heteroatoms. The van der Waals surface area contributed by atoms with E-state index in [0.29, 0.717) is 57.4 Å². The molecular weight excluding hydrogens is 608 g/mol. The first-order chi connectivity index (χ1) is 16.5. The zero-order valence-corrected chi connectivity index (χ0v) is 28.2. The Kier molecular flexibility index (Phi) is 41.7. The second-order valence-corrected chi connectivity index (χ2v) is 11.8. The molecule has 0 aromatic rings. The van der Waals surface area contributed by atoms with Gasteiger partial charge in [-0.05, 0) is 54.8 Å². The number of hydrogen-bond donors (Lipinski definition) is 3. The van der Waals surface area contributed by atoms with E-state index in [4.69, 9.17) is 18.7 Å². The van der Waals surface area contributed by atoms with Gasteiger partial charge in [-0.15, -0.1) is 0 Å². The van der Waals surface area contributed by atoms with Gasteiger partial charge in [0.1, 0.15) is 0 Å². The van der Waals surface area contributed by atoms with Crippen molar-refractivity contribution >= 4 is 0 Å². The van der Waals surface area contributed by atoms with Crippen LogP contribution in [-0.4, -0.2) is 35.1 Å². The summed E-state index contributed by atoms with van der Waals surface area (Å²) in [6.07, 6.45) is 14.7. The molecule has 3 N–H and O–H groups in total. The predicted octanol–water partition coefficient (Wildman–Crippen LogP) is 8.37. The molecule has 0 rings (SSSR count). The Hall–Kier alpha value is 0.368. The van der Waals surface area contributed by atoms with E-state index in [1.807, 2.05) is 0 Å². The van der Waals surface area contributed by atoms with Crippen molar-refractivity contribution in [3.05, 3.63) is 0 Å². The summed E-state index contributed by atoms with van der Waals surface area (Å²) >= 11 is 0.333. The van der Waals surface area contributed by atoms with Crippen molar-refractivity contribution in [2.24, 2.45) is 35.5 Å². The molecule has 0 aliphatic carbocycles. The molecule has 4 nitrogen and oxygen atoms in total. The van der Waals surface area contributed by atoms with Gasteiger partial charge >= 0.3 is 23.2 Å². The van der Waals surface area contributed by atoms with Crippen LogP contribution in [0.25, 0.3) is 0 Å². The number of aliphatic hydroxyl groups excluding tert-OH is 3. The van der Waals surface area contributed by atoms with Crippen LogP contribution < -0.4 is 0 Å². The molecule has 0 bridgehead atoms. The molecular formula is C30H66O4W. The second-order valence-electron chi connectivity index (χ2n) is 11.8. The van der Waals surface area contributed by atoms with Gasteiger partial charge in [0.25, 0.3) is 0 Å². The van der Waals surface area contributed by atoms with Crippen LogP contribution in [0.1, 0.15) is 139 Å². The van der Waals surface area contributed by atoms with E-state index in [-0.39, 0.29) is 0 Å². The molecule has 0 spiro atoms. The van der Waals surface area contributed by atoms with E-state index in [9.17, 15) is 0 Å². The summed E-state index contributed by atoms with van der Waals surface area (Å²) in [6, 6.07) is 0. The number of rotatable bonds is 18. The third-order valence-electron chi connectivity index (χ3n) is 6.30. The first-order valence-electron chi connectivity index (χ1n) is 14.5. The van der Waals surface area contributed by atoms with Gasteiger partial charge in [0.2, 0.25) is 0 Å². The quantitative estimate of drug-likeness (QED) is 0.137. The minimum absolute atomic E-state index is 0.333. The molecule has 3 atom stereocenters. The fourth-order valence-electron chi connectivity index (χ4n) is 3.72. The average Bonchev–Trinajstić information content (AvgIpc) is 2.76. The molecule has 0 aliphatic heterocycles. The van der Waals surface area contributed by atoms with Crippen molar-refractivity contribution in [2.45, 2.75) is 139 Å². The standard InChI is InChI=1S/3C10H22O.O.W/c3*1-9(2)5-4-6-10(3)7-8-11;;/h3*9-11H,4-8H2,1-3H3;;.